The highest BCUT2D eigenvalue weighted by atomic mass is 35.5. The summed E-state index contributed by atoms with van der Waals surface area (Å²) < 4.78 is 24.9. The number of rotatable bonds is 7. The number of carbonyl (C=O) groups excluding carboxylic acids is 1. The minimum atomic E-state index is -1.11. The third-order valence-electron chi connectivity index (χ3n) is 5.47. The summed E-state index contributed by atoms with van der Waals surface area (Å²) in [6, 6.07) is 18.4. The Morgan fingerprint density at radius 2 is 1.72 bits per heavy atom. The van der Waals surface area contributed by atoms with E-state index < -0.39 is 24.3 Å². The summed E-state index contributed by atoms with van der Waals surface area (Å²) >= 11 is 6.41. The summed E-state index contributed by atoms with van der Waals surface area (Å²) in [6.45, 7) is 3.58. The van der Waals surface area contributed by atoms with Gasteiger partial charge in [-0.25, -0.2) is 14.1 Å². The normalized spacial score (nSPS) is 10.8. The molecule has 1 N–H and O–H groups in total. The second-order valence-corrected chi connectivity index (χ2v) is 8.29. The SMILES string of the molecule is CCOC(=O)N(c1ccccc1Cl)c1c(C)noc1-c1ccc(-c2ccc(F)c(CC(=O)O)c2)cc1. The first-order valence-corrected chi connectivity index (χ1v) is 11.5. The molecule has 0 atom stereocenters. The summed E-state index contributed by atoms with van der Waals surface area (Å²) in [5.74, 6) is -1.35. The highest BCUT2D eigenvalue weighted by Crippen LogP contribution is 2.41. The Hall–Kier alpha value is -4.17. The highest BCUT2D eigenvalue weighted by Gasteiger charge is 2.30. The van der Waals surface area contributed by atoms with Gasteiger partial charge in [0, 0.05) is 5.56 Å². The number of carboxylic acids is 1. The van der Waals surface area contributed by atoms with Crippen LogP contribution in [0.15, 0.2) is 71.3 Å². The van der Waals surface area contributed by atoms with Crippen LogP contribution in [-0.2, 0) is 16.0 Å². The molecule has 9 heteroatoms. The lowest BCUT2D eigenvalue weighted by Gasteiger charge is -2.23. The van der Waals surface area contributed by atoms with E-state index >= 15 is 0 Å². The van der Waals surface area contributed by atoms with Crippen molar-refractivity contribution in [1.29, 1.82) is 0 Å². The number of hydrogen-bond donors (Lipinski definition) is 1. The summed E-state index contributed by atoms with van der Waals surface area (Å²) in [6.07, 6.45) is -1.04. The van der Waals surface area contributed by atoms with E-state index in [1.807, 2.05) is 0 Å². The Morgan fingerprint density at radius 3 is 2.39 bits per heavy atom. The third kappa shape index (κ3) is 5.08. The van der Waals surface area contributed by atoms with Gasteiger partial charge in [0.15, 0.2) is 5.76 Å². The van der Waals surface area contributed by atoms with E-state index in [2.05, 4.69) is 5.16 Å². The van der Waals surface area contributed by atoms with Gasteiger partial charge >= 0.3 is 12.1 Å². The first kappa shape index (κ1) is 24.9. The van der Waals surface area contributed by atoms with Crippen molar-refractivity contribution < 1.29 is 28.3 Å². The number of hydrogen-bond acceptors (Lipinski definition) is 5. The molecule has 0 saturated heterocycles. The molecule has 0 unspecified atom stereocenters. The number of aliphatic carboxylic acids is 1. The highest BCUT2D eigenvalue weighted by molar-refractivity contribution is 6.34. The molecule has 0 bridgehead atoms. The van der Waals surface area contributed by atoms with E-state index in [0.717, 1.165) is 5.56 Å². The largest absolute Gasteiger partial charge is 0.481 e. The number of aromatic nitrogens is 1. The molecule has 7 nitrogen and oxygen atoms in total. The molecule has 0 saturated carbocycles. The Morgan fingerprint density at radius 1 is 1.06 bits per heavy atom. The second kappa shape index (κ2) is 10.6. The van der Waals surface area contributed by atoms with Crippen LogP contribution >= 0.6 is 11.6 Å². The number of carboxylic acid groups (broad SMARTS) is 1. The fourth-order valence-electron chi connectivity index (χ4n) is 3.82. The van der Waals surface area contributed by atoms with Crippen molar-refractivity contribution in [1.82, 2.24) is 5.16 Å². The molecular weight excluding hydrogens is 487 g/mol. The van der Waals surface area contributed by atoms with Crippen LogP contribution in [0.1, 0.15) is 18.2 Å². The van der Waals surface area contributed by atoms with Crippen molar-refractivity contribution in [2.75, 3.05) is 11.5 Å². The van der Waals surface area contributed by atoms with Crippen molar-refractivity contribution in [2.24, 2.45) is 0 Å². The van der Waals surface area contributed by atoms with Gasteiger partial charge in [0.25, 0.3) is 0 Å². The number of anilines is 2. The zero-order chi connectivity index (χ0) is 25.8. The predicted molar refractivity (Wildman–Crippen MR) is 134 cm³/mol. The van der Waals surface area contributed by atoms with Crippen LogP contribution in [0.4, 0.5) is 20.6 Å². The maximum absolute atomic E-state index is 14.0. The minimum Gasteiger partial charge on any atom is -0.481 e. The summed E-state index contributed by atoms with van der Waals surface area (Å²) in [7, 11) is 0. The van der Waals surface area contributed by atoms with Gasteiger partial charge in [-0.05, 0) is 54.8 Å². The molecule has 0 spiro atoms. The molecular formula is C27H22ClFN2O5. The van der Waals surface area contributed by atoms with Crippen LogP contribution < -0.4 is 4.90 Å². The lowest BCUT2D eigenvalue weighted by Crippen LogP contribution is -2.27. The first-order chi connectivity index (χ1) is 17.3. The van der Waals surface area contributed by atoms with E-state index in [1.54, 1.807) is 68.4 Å². The zero-order valence-electron chi connectivity index (χ0n) is 19.5. The maximum atomic E-state index is 14.0. The average molecular weight is 509 g/mol. The molecule has 4 aromatic rings. The molecule has 0 radical (unpaired) electrons. The number of aryl methyl sites for hydroxylation is 1. The van der Waals surface area contributed by atoms with E-state index in [-0.39, 0.29) is 12.2 Å². The number of amides is 1. The molecule has 0 aliphatic rings. The van der Waals surface area contributed by atoms with E-state index in [1.165, 1.54) is 17.0 Å². The monoisotopic (exact) mass is 508 g/mol. The Labute approximate surface area is 211 Å². The number of carbonyl (C=O) groups is 2. The van der Waals surface area contributed by atoms with Crippen molar-refractivity contribution in [2.45, 2.75) is 20.3 Å². The molecule has 1 aromatic heterocycles. The maximum Gasteiger partial charge on any atom is 0.419 e. The van der Waals surface area contributed by atoms with Crippen LogP contribution in [0, 0.1) is 12.7 Å². The van der Waals surface area contributed by atoms with Crippen molar-refractivity contribution in [3.05, 3.63) is 88.8 Å². The van der Waals surface area contributed by atoms with Gasteiger partial charge in [-0.1, -0.05) is 59.2 Å². The molecule has 0 aliphatic carbocycles. The van der Waals surface area contributed by atoms with Crippen LogP contribution in [0.5, 0.6) is 0 Å². The average Bonchev–Trinajstić information content (AvgIpc) is 3.23. The zero-order valence-corrected chi connectivity index (χ0v) is 20.3. The molecule has 1 heterocycles. The Kier molecular flexibility index (Phi) is 7.36. The van der Waals surface area contributed by atoms with Gasteiger partial charge in [0.2, 0.25) is 0 Å². The van der Waals surface area contributed by atoms with E-state index in [0.29, 0.717) is 39.0 Å². The summed E-state index contributed by atoms with van der Waals surface area (Å²) in [5.41, 5.74) is 3.40. The molecule has 36 heavy (non-hydrogen) atoms. The first-order valence-electron chi connectivity index (χ1n) is 11.1. The topological polar surface area (TPSA) is 92.9 Å². The number of para-hydroxylation sites is 1. The fraction of sp³-hybridized carbons (Fsp3) is 0.148. The molecule has 3 aromatic carbocycles. The molecule has 1 amide bonds. The van der Waals surface area contributed by atoms with Crippen LogP contribution in [0.25, 0.3) is 22.5 Å². The number of benzene rings is 3. The molecule has 0 fully saturated rings. The number of halogens is 2. The summed E-state index contributed by atoms with van der Waals surface area (Å²) in [5, 5.41) is 13.5. The van der Waals surface area contributed by atoms with Gasteiger partial charge in [-0.15, -0.1) is 0 Å². The van der Waals surface area contributed by atoms with E-state index in [4.69, 9.17) is 26.0 Å². The Bertz CT molecular complexity index is 1420. The van der Waals surface area contributed by atoms with Gasteiger partial charge in [-0.2, -0.15) is 0 Å². The second-order valence-electron chi connectivity index (χ2n) is 7.89. The minimum absolute atomic E-state index is 0.0991. The van der Waals surface area contributed by atoms with Crippen LogP contribution in [0.2, 0.25) is 5.02 Å². The van der Waals surface area contributed by atoms with Gasteiger partial charge in [0.05, 0.1) is 23.7 Å². The summed E-state index contributed by atoms with van der Waals surface area (Å²) in [4.78, 5) is 25.4. The number of ether oxygens (including phenoxy) is 1. The van der Waals surface area contributed by atoms with Gasteiger partial charge in [0.1, 0.15) is 17.2 Å². The quantitative estimate of drug-likeness (QED) is 0.288. The fourth-order valence-corrected chi connectivity index (χ4v) is 4.04. The van der Waals surface area contributed by atoms with Crippen molar-refractivity contribution in [3.63, 3.8) is 0 Å². The van der Waals surface area contributed by atoms with E-state index in [9.17, 15) is 14.0 Å². The molecule has 184 valence electrons. The standard InChI is InChI=1S/C27H22ClFN2O5/c1-3-35-27(34)31(23-7-5-4-6-21(23)28)25-16(2)30-36-26(25)18-10-8-17(9-11-18)19-12-13-22(29)20(14-19)15-24(32)33/h4-14H,3,15H2,1-2H3,(H,32,33). The molecule has 4 rings (SSSR count). The van der Waals surface area contributed by atoms with Gasteiger partial charge < -0.3 is 14.4 Å². The Balaban J connectivity index is 1.75. The van der Waals surface area contributed by atoms with Gasteiger partial charge in [-0.3, -0.25) is 4.79 Å². The lowest BCUT2D eigenvalue weighted by atomic mass is 9.99. The number of nitrogens with zero attached hydrogens (tertiary/aromatic N) is 2. The van der Waals surface area contributed by atoms with Crippen molar-refractivity contribution in [3.8, 4) is 22.5 Å². The predicted octanol–water partition coefficient (Wildman–Crippen LogP) is 7.03. The molecule has 0 aliphatic heterocycles. The van der Waals surface area contributed by atoms with Crippen LogP contribution in [0.3, 0.4) is 0 Å². The lowest BCUT2D eigenvalue weighted by molar-refractivity contribution is -0.136. The van der Waals surface area contributed by atoms with Crippen molar-refractivity contribution >= 4 is 35.0 Å². The smallest absolute Gasteiger partial charge is 0.419 e. The third-order valence-corrected chi connectivity index (χ3v) is 5.79. The van der Waals surface area contributed by atoms with Crippen LogP contribution in [-0.4, -0.2) is 28.9 Å².